The van der Waals surface area contributed by atoms with Gasteiger partial charge in [0, 0.05) is 17.7 Å². The highest BCUT2D eigenvalue weighted by atomic mass is 32.2. The van der Waals surface area contributed by atoms with Gasteiger partial charge in [-0.25, -0.2) is 4.68 Å². The lowest BCUT2D eigenvalue weighted by atomic mass is 9.81. The number of hydrogen-bond donors (Lipinski definition) is 1. The highest BCUT2D eigenvalue weighted by Gasteiger charge is 2.38. The van der Waals surface area contributed by atoms with Gasteiger partial charge in [0.1, 0.15) is 6.04 Å². The second-order valence-electron chi connectivity index (χ2n) is 6.13. The van der Waals surface area contributed by atoms with Gasteiger partial charge < -0.3 is 5.32 Å². The first kappa shape index (κ1) is 14.5. The smallest absolute Gasteiger partial charge is 0.227 e. The van der Waals surface area contributed by atoms with E-state index in [1.807, 2.05) is 29.1 Å². The number of rotatable bonds is 2. The lowest BCUT2D eigenvalue weighted by Crippen LogP contribution is -2.33. The number of Topliss-reactive ketones (excluding diaryl/α,β-unsaturated/α-hetero) is 1. The Morgan fingerprint density at radius 3 is 2.78 bits per heavy atom. The van der Waals surface area contributed by atoms with Crippen LogP contribution in [0.15, 0.2) is 46.8 Å². The summed E-state index contributed by atoms with van der Waals surface area (Å²) in [6.07, 6.45) is 3.44. The van der Waals surface area contributed by atoms with Gasteiger partial charge in [0.05, 0.1) is 0 Å². The SMILES string of the molecule is CSc1nc2n(n1)C(c1ccccc1)C1=C(CC(C)CC1=O)N2. The first-order valence-corrected chi connectivity index (χ1v) is 8.98. The summed E-state index contributed by atoms with van der Waals surface area (Å²) in [5.41, 5.74) is 2.93. The van der Waals surface area contributed by atoms with Crippen molar-refractivity contribution in [2.75, 3.05) is 11.6 Å². The third-order valence-corrected chi connectivity index (χ3v) is 4.94. The van der Waals surface area contributed by atoms with Crippen LogP contribution in [0.25, 0.3) is 0 Å². The van der Waals surface area contributed by atoms with Crippen LogP contribution in [-0.2, 0) is 4.79 Å². The molecule has 2 aliphatic rings. The van der Waals surface area contributed by atoms with Gasteiger partial charge >= 0.3 is 0 Å². The maximum absolute atomic E-state index is 12.7. The molecule has 0 spiro atoms. The Morgan fingerprint density at radius 2 is 2.04 bits per heavy atom. The molecule has 1 aliphatic carbocycles. The fraction of sp³-hybridized carbons (Fsp3) is 0.353. The van der Waals surface area contributed by atoms with Gasteiger partial charge in [-0.05, 0) is 24.2 Å². The highest BCUT2D eigenvalue weighted by molar-refractivity contribution is 7.98. The van der Waals surface area contributed by atoms with E-state index < -0.39 is 0 Å². The molecular formula is C17H18N4OS. The topological polar surface area (TPSA) is 59.8 Å². The van der Waals surface area contributed by atoms with Crippen LogP contribution >= 0.6 is 11.8 Å². The van der Waals surface area contributed by atoms with Crippen molar-refractivity contribution in [2.24, 2.45) is 5.92 Å². The summed E-state index contributed by atoms with van der Waals surface area (Å²) in [5.74, 6) is 1.30. The number of nitrogens with zero attached hydrogens (tertiary/aromatic N) is 3. The summed E-state index contributed by atoms with van der Waals surface area (Å²) < 4.78 is 1.86. The minimum atomic E-state index is -0.184. The highest BCUT2D eigenvalue weighted by Crippen LogP contribution is 2.41. The van der Waals surface area contributed by atoms with Crippen LogP contribution in [0.5, 0.6) is 0 Å². The van der Waals surface area contributed by atoms with Crippen LogP contribution < -0.4 is 5.32 Å². The monoisotopic (exact) mass is 326 g/mol. The number of carbonyl (C=O) groups excluding carboxylic acids is 1. The Labute approximate surface area is 139 Å². The van der Waals surface area contributed by atoms with E-state index in [4.69, 9.17) is 0 Å². The van der Waals surface area contributed by atoms with Crippen molar-refractivity contribution in [3.63, 3.8) is 0 Å². The maximum Gasteiger partial charge on any atom is 0.227 e. The van der Waals surface area contributed by atoms with Crippen molar-refractivity contribution in [3.05, 3.63) is 47.2 Å². The lowest BCUT2D eigenvalue weighted by Gasteiger charge is -2.34. The molecule has 2 unspecified atom stereocenters. The molecule has 5 nitrogen and oxygen atoms in total. The molecule has 2 aromatic rings. The normalized spacial score (nSPS) is 23.3. The fourth-order valence-corrected chi connectivity index (χ4v) is 3.76. The molecule has 2 atom stereocenters. The second-order valence-corrected chi connectivity index (χ2v) is 6.91. The average molecular weight is 326 g/mol. The molecule has 0 radical (unpaired) electrons. The van der Waals surface area contributed by atoms with E-state index >= 15 is 0 Å². The van der Waals surface area contributed by atoms with Crippen molar-refractivity contribution < 1.29 is 4.79 Å². The lowest BCUT2D eigenvalue weighted by molar-refractivity contribution is -0.117. The second kappa shape index (κ2) is 5.53. The van der Waals surface area contributed by atoms with Crippen molar-refractivity contribution in [3.8, 4) is 0 Å². The first-order chi connectivity index (χ1) is 11.2. The molecule has 0 bridgehead atoms. The molecule has 4 rings (SSSR count). The Hall–Kier alpha value is -2.08. The minimum absolute atomic E-state index is 0.184. The van der Waals surface area contributed by atoms with Crippen molar-refractivity contribution in [1.29, 1.82) is 0 Å². The molecule has 23 heavy (non-hydrogen) atoms. The molecular weight excluding hydrogens is 308 g/mol. The molecule has 0 saturated heterocycles. The van der Waals surface area contributed by atoms with Gasteiger partial charge in [0.25, 0.3) is 0 Å². The number of anilines is 1. The zero-order chi connectivity index (χ0) is 16.0. The number of benzene rings is 1. The van der Waals surface area contributed by atoms with Crippen LogP contribution in [0.4, 0.5) is 5.95 Å². The van der Waals surface area contributed by atoms with Crippen LogP contribution in [0, 0.1) is 5.92 Å². The molecule has 1 N–H and O–H groups in total. The Kier molecular flexibility index (Phi) is 3.49. The van der Waals surface area contributed by atoms with E-state index in [2.05, 4.69) is 34.5 Å². The van der Waals surface area contributed by atoms with Crippen molar-refractivity contribution in [1.82, 2.24) is 14.8 Å². The molecule has 0 amide bonds. The number of fused-ring (bicyclic) bond motifs is 1. The predicted molar refractivity (Wildman–Crippen MR) is 90.4 cm³/mol. The number of nitrogens with one attached hydrogen (secondary N) is 1. The predicted octanol–water partition coefficient (Wildman–Crippen LogP) is 3.27. The number of allylic oxidation sites excluding steroid dienone is 2. The average Bonchev–Trinajstić information content (AvgIpc) is 2.96. The largest absolute Gasteiger partial charge is 0.328 e. The van der Waals surface area contributed by atoms with Gasteiger partial charge in [0.15, 0.2) is 5.78 Å². The molecule has 0 saturated carbocycles. The van der Waals surface area contributed by atoms with Crippen molar-refractivity contribution >= 4 is 23.5 Å². The van der Waals surface area contributed by atoms with Gasteiger partial charge in [0.2, 0.25) is 11.1 Å². The maximum atomic E-state index is 12.7. The molecule has 1 aliphatic heterocycles. The standard InChI is InChI=1S/C17H18N4OS/c1-10-8-12-14(13(22)9-10)15(11-6-4-3-5-7-11)21-16(18-12)19-17(20-21)23-2/h3-7,10,15H,8-9H2,1-2H3,(H,18,19,20). The zero-order valence-electron chi connectivity index (χ0n) is 13.1. The number of hydrogen-bond acceptors (Lipinski definition) is 5. The zero-order valence-corrected chi connectivity index (χ0v) is 13.9. The van der Waals surface area contributed by atoms with Gasteiger partial charge in [-0.3, -0.25) is 4.79 Å². The number of thioether (sulfide) groups is 1. The summed E-state index contributed by atoms with van der Waals surface area (Å²) >= 11 is 1.51. The molecule has 1 aromatic heterocycles. The molecule has 2 heterocycles. The van der Waals surface area contributed by atoms with Gasteiger partial charge in [-0.2, -0.15) is 4.98 Å². The van der Waals surface area contributed by atoms with Crippen molar-refractivity contribution in [2.45, 2.75) is 31.0 Å². The summed E-state index contributed by atoms with van der Waals surface area (Å²) in [4.78, 5) is 17.3. The number of carbonyl (C=O) groups is 1. The molecule has 118 valence electrons. The van der Waals surface area contributed by atoms with Crippen LogP contribution in [-0.4, -0.2) is 26.8 Å². The van der Waals surface area contributed by atoms with E-state index in [-0.39, 0.29) is 11.8 Å². The van der Waals surface area contributed by atoms with Crippen LogP contribution in [0.3, 0.4) is 0 Å². The van der Waals surface area contributed by atoms with E-state index in [1.54, 1.807) is 0 Å². The van der Waals surface area contributed by atoms with E-state index in [0.717, 1.165) is 29.2 Å². The Balaban J connectivity index is 1.91. The van der Waals surface area contributed by atoms with E-state index in [9.17, 15) is 4.79 Å². The summed E-state index contributed by atoms with van der Waals surface area (Å²) in [6, 6.07) is 9.90. The molecule has 6 heteroatoms. The minimum Gasteiger partial charge on any atom is -0.328 e. The van der Waals surface area contributed by atoms with E-state index in [1.165, 1.54) is 11.8 Å². The number of aromatic nitrogens is 3. The first-order valence-electron chi connectivity index (χ1n) is 7.76. The third kappa shape index (κ3) is 2.37. The summed E-state index contributed by atoms with van der Waals surface area (Å²) in [6.45, 7) is 2.12. The fourth-order valence-electron chi connectivity index (χ4n) is 3.42. The Bertz CT molecular complexity index is 796. The molecule has 1 aromatic carbocycles. The van der Waals surface area contributed by atoms with Gasteiger partial charge in [-0.15, -0.1) is 5.10 Å². The van der Waals surface area contributed by atoms with Crippen LogP contribution in [0.2, 0.25) is 0 Å². The summed E-state index contributed by atoms with van der Waals surface area (Å²) in [5, 5.41) is 8.66. The number of ketones is 1. The quantitative estimate of drug-likeness (QED) is 0.858. The van der Waals surface area contributed by atoms with Crippen LogP contribution in [0.1, 0.15) is 31.4 Å². The molecule has 0 fully saturated rings. The third-order valence-electron chi connectivity index (χ3n) is 4.40. The Morgan fingerprint density at radius 1 is 1.26 bits per heavy atom. The van der Waals surface area contributed by atoms with E-state index in [0.29, 0.717) is 17.5 Å². The summed E-state index contributed by atoms with van der Waals surface area (Å²) in [7, 11) is 0. The van der Waals surface area contributed by atoms with Gasteiger partial charge in [-0.1, -0.05) is 49.0 Å².